The molecule has 0 aliphatic carbocycles. The van der Waals surface area contributed by atoms with E-state index in [0.717, 1.165) is 10.0 Å². The van der Waals surface area contributed by atoms with E-state index in [1.54, 1.807) is 6.07 Å². The van der Waals surface area contributed by atoms with Crippen molar-refractivity contribution in [2.75, 3.05) is 14.2 Å². The molecule has 5 heteroatoms. The van der Waals surface area contributed by atoms with E-state index >= 15 is 0 Å². The molecule has 0 aromatic heterocycles. The van der Waals surface area contributed by atoms with E-state index in [0.29, 0.717) is 17.1 Å². The summed E-state index contributed by atoms with van der Waals surface area (Å²) in [5.41, 5.74) is 1.46. The minimum absolute atomic E-state index is 0.254. The number of hydrogen-bond acceptors (Lipinski definition) is 2. The molecule has 0 saturated heterocycles. The van der Waals surface area contributed by atoms with E-state index in [1.165, 1.54) is 20.3 Å². The fourth-order valence-corrected chi connectivity index (χ4v) is 2.80. The number of methoxy groups -OCH3 is 2. The molecule has 2 rings (SSSR count). The summed E-state index contributed by atoms with van der Waals surface area (Å²) < 4.78 is 25.5. The minimum atomic E-state index is -0.340. The second-order valence-electron chi connectivity index (χ2n) is 4.14. The first-order chi connectivity index (χ1) is 9.56. The molecule has 0 saturated carbocycles. The molecule has 0 radical (unpaired) electrons. The Hall–Kier alpha value is -1.07. The Morgan fingerprint density at radius 2 is 1.55 bits per heavy atom. The van der Waals surface area contributed by atoms with Gasteiger partial charge in [-0.05, 0) is 23.8 Å². The third-order valence-corrected chi connectivity index (χ3v) is 4.49. The lowest BCUT2D eigenvalue weighted by Gasteiger charge is -2.15. The van der Waals surface area contributed by atoms with Crippen LogP contribution in [0.4, 0.5) is 4.39 Å². The number of hydrogen-bond donors (Lipinski definition) is 0. The average Bonchev–Trinajstić information content (AvgIpc) is 2.47. The Morgan fingerprint density at radius 3 is 2.10 bits per heavy atom. The van der Waals surface area contributed by atoms with Crippen LogP contribution in [0.1, 0.15) is 16.0 Å². The minimum Gasteiger partial charge on any atom is -0.493 e. The average molecular weight is 404 g/mol. The third-order valence-electron chi connectivity index (χ3n) is 2.94. The molecule has 2 nitrogen and oxygen atoms in total. The van der Waals surface area contributed by atoms with Gasteiger partial charge in [-0.25, -0.2) is 4.39 Å². The zero-order valence-corrected chi connectivity index (χ0v) is 14.2. The Morgan fingerprint density at radius 1 is 1.00 bits per heavy atom. The Bertz CT molecular complexity index is 600. The number of halogens is 3. The summed E-state index contributed by atoms with van der Waals surface area (Å²) in [5.74, 6) is 0.544. The molecule has 20 heavy (non-hydrogen) atoms. The van der Waals surface area contributed by atoms with Crippen LogP contribution in [0.3, 0.4) is 0 Å². The van der Waals surface area contributed by atoms with Crippen molar-refractivity contribution in [1.29, 1.82) is 0 Å². The van der Waals surface area contributed by atoms with Gasteiger partial charge in [-0.1, -0.05) is 44.0 Å². The molecule has 2 aromatic rings. The second-order valence-corrected chi connectivity index (χ2v) is 5.97. The lowest BCUT2D eigenvalue weighted by atomic mass is 10.0. The zero-order chi connectivity index (χ0) is 14.7. The molecular weight excluding hydrogens is 391 g/mol. The molecular formula is C15H13Br2FO2. The van der Waals surface area contributed by atoms with Crippen molar-refractivity contribution in [3.8, 4) is 11.5 Å². The van der Waals surface area contributed by atoms with Crippen molar-refractivity contribution in [2.24, 2.45) is 0 Å². The molecule has 1 atom stereocenters. The second kappa shape index (κ2) is 6.59. The molecule has 0 amide bonds. The predicted molar refractivity (Wildman–Crippen MR) is 84.4 cm³/mol. The van der Waals surface area contributed by atoms with Gasteiger partial charge in [0.05, 0.1) is 19.0 Å². The highest BCUT2D eigenvalue weighted by atomic mass is 79.9. The number of rotatable bonds is 4. The standard InChI is InChI=1S/C15H13Br2FO2/c1-19-13-7-11(12(18)8-14(13)20-2)15(17)9-3-5-10(16)6-4-9/h3-8,15H,1-2H3. The van der Waals surface area contributed by atoms with E-state index in [4.69, 9.17) is 9.47 Å². The molecule has 0 fully saturated rings. The summed E-state index contributed by atoms with van der Waals surface area (Å²) in [6, 6.07) is 10.7. The lowest BCUT2D eigenvalue weighted by molar-refractivity contribution is 0.351. The summed E-state index contributed by atoms with van der Waals surface area (Å²) in [5, 5.41) is 0. The summed E-state index contributed by atoms with van der Waals surface area (Å²) in [7, 11) is 3.01. The van der Waals surface area contributed by atoms with Gasteiger partial charge in [-0.15, -0.1) is 0 Å². The third kappa shape index (κ3) is 3.15. The summed E-state index contributed by atoms with van der Waals surface area (Å²) in [4.78, 5) is -0.254. The molecule has 0 aliphatic heterocycles. The van der Waals surface area contributed by atoms with Crippen molar-refractivity contribution in [2.45, 2.75) is 4.83 Å². The number of ether oxygens (including phenoxy) is 2. The van der Waals surface area contributed by atoms with Crippen molar-refractivity contribution < 1.29 is 13.9 Å². The largest absolute Gasteiger partial charge is 0.493 e. The predicted octanol–water partition coefficient (Wildman–Crippen LogP) is 5.09. The van der Waals surface area contributed by atoms with Crippen LogP contribution in [0.5, 0.6) is 11.5 Å². The number of alkyl halides is 1. The monoisotopic (exact) mass is 402 g/mol. The highest BCUT2D eigenvalue weighted by molar-refractivity contribution is 9.10. The Labute approximate surface area is 134 Å². The SMILES string of the molecule is COc1cc(F)c(C(Br)c2ccc(Br)cc2)cc1OC. The smallest absolute Gasteiger partial charge is 0.163 e. The Kier molecular flexibility index (Phi) is 5.05. The zero-order valence-electron chi connectivity index (χ0n) is 11.0. The van der Waals surface area contributed by atoms with Crippen molar-refractivity contribution in [1.82, 2.24) is 0 Å². The van der Waals surface area contributed by atoms with Gasteiger partial charge < -0.3 is 9.47 Å². The van der Waals surface area contributed by atoms with Gasteiger partial charge in [-0.2, -0.15) is 0 Å². The molecule has 0 spiro atoms. The first kappa shape index (κ1) is 15.3. The summed E-state index contributed by atoms with van der Waals surface area (Å²) >= 11 is 6.91. The molecule has 0 bridgehead atoms. The van der Waals surface area contributed by atoms with Gasteiger partial charge in [0.1, 0.15) is 5.82 Å². The van der Waals surface area contributed by atoms with Gasteiger partial charge >= 0.3 is 0 Å². The lowest BCUT2D eigenvalue weighted by Crippen LogP contribution is -2.00. The van der Waals surface area contributed by atoms with Gasteiger partial charge in [0.2, 0.25) is 0 Å². The van der Waals surface area contributed by atoms with Crippen LogP contribution in [-0.2, 0) is 0 Å². The van der Waals surface area contributed by atoms with Gasteiger partial charge in [0.25, 0.3) is 0 Å². The van der Waals surface area contributed by atoms with Gasteiger partial charge in [0.15, 0.2) is 11.5 Å². The van der Waals surface area contributed by atoms with Crippen molar-refractivity contribution in [3.05, 3.63) is 57.8 Å². The highest BCUT2D eigenvalue weighted by Gasteiger charge is 2.18. The van der Waals surface area contributed by atoms with E-state index in [2.05, 4.69) is 31.9 Å². The van der Waals surface area contributed by atoms with Crippen LogP contribution >= 0.6 is 31.9 Å². The van der Waals surface area contributed by atoms with Crippen LogP contribution in [0, 0.1) is 5.82 Å². The molecule has 0 heterocycles. The fourth-order valence-electron chi connectivity index (χ4n) is 1.88. The van der Waals surface area contributed by atoms with E-state index in [9.17, 15) is 4.39 Å². The molecule has 2 aromatic carbocycles. The quantitative estimate of drug-likeness (QED) is 0.662. The fraction of sp³-hybridized carbons (Fsp3) is 0.200. The molecule has 0 aliphatic rings. The van der Waals surface area contributed by atoms with E-state index < -0.39 is 0 Å². The highest BCUT2D eigenvalue weighted by Crippen LogP contribution is 2.38. The Balaban J connectivity index is 2.43. The maximum absolute atomic E-state index is 14.2. The maximum Gasteiger partial charge on any atom is 0.163 e. The van der Waals surface area contributed by atoms with Crippen molar-refractivity contribution >= 4 is 31.9 Å². The molecule has 106 valence electrons. The van der Waals surface area contributed by atoms with E-state index in [1.807, 2.05) is 24.3 Å². The molecule has 0 N–H and O–H groups in total. The van der Waals surface area contributed by atoms with Crippen LogP contribution in [-0.4, -0.2) is 14.2 Å². The first-order valence-electron chi connectivity index (χ1n) is 5.87. The topological polar surface area (TPSA) is 18.5 Å². The maximum atomic E-state index is 14.2. The van der Waals surface area contributed by atoms with Crippen LogP contribution in [0.25, 0.3) is 0 Å². The van der Waals surface area contributed by atoms with Crippen LogP contribution < -0.4 is 9.47 Å². The molecule has 1 unspecified atom stereocenters. The van der Waals surface area contributed by atoms with Crippen molar-refractivity contribution in [3.63, 3.8) is 0 Å². The van der Waals surface area contributed by atoms with Gasteiger partial charge in [-0.3, -0.25) is 0 Å². The number of benzene rings is 2. The van der Waals surface area contributed by atoms with Crippen LogP contribution in [0.2, 0.25) is 0 Å². The summed E-state index contributed by atoms with van der Waals surface area (Å²) in [6.45, 7) is 0. The van der Waals surface area contributed by atoms with E-state index in [-0.39, 0.29) is 10.6 Å². The normalized spacial score (nSPS) is 12.1. The summed E-state index contributed by atoms with van der Waals surface area (Å²) in [6.07, 6.45) is 0. The first-order valence-corrected chi connectivity index (χ1v) is 7.58. The van der Waals surface area contributed by atoms with Crippen LogP contribution in [0.15, 0.2) is 40.9 Å². The van der Waals surface area contributed by atoms with Gasteiger partial charge in [0, 0.05) is 16.1 Å².